The maximum Gasteiger partial charge on any atom is 0.248 e. The fraction of sp³-hybridized carbons (Fsp3) is 0.333. The zero-order valence-electron chi connectivity index (χ0n) is 9.73. The minimum absolute atomic E-state index is 0.0647. The van der Waals surface area contributed by atoms with Crippen molar-refractivity contribution in [1.82, 2.24) is 0 Å². The first-order chi connectivity index (χ1) is 8.13. The van der Waals surface area contributed by atoms with E-state index in [4.69, 9.17) is 5.73 Å². The van der Waals surface area contributed by atoms with Crippen LogP contribution in [0.4, 0.5) is 5.69 Å². The van der Waals surface area contributed by atoms with Gasteiger partial charge in [0, 0.05) is 11.3 Å². The van der Waals surface area contributed by atoms with Crippen LogP contribution in [-0.2, 0) is 4.79 Å². The molecule has 0 fully saturated rings. The second-order valence-electron chi connectivity index (χ2n) is 3.55. The molecule has 0 spiro atoms. The smallest absolute Gasteiger partial charge is 0.248 e. The molecule has 1 rings (SSSR count). The zero-order valence-corrected chi connectivity index (χ0v) is 10.5. The van der Waals surface area contributed by atoms with Crippen LogP contribution in [0.3, 0.4) is 0 Å². The lowest BCUT2D eigenvalue weighted by molar-refractivity contribution is -0.113. The van der Waals surface area contributed by atoms with Gasteiger partial charge in [-0.3, -0.25) is 9.59 Å². The van der Waals surface area contributed by atoms with E-state index in [1.165, 1.54) is 0 Å². The predicted octanol–water partition coefficient (Wildman–Crippen LogP) is 1.87. The molecule has 0 aliphatic carbocycles. The van der Waals surface area contributed by atoms with Crippen LogP contribution in [0.15, 0.2) is 24.3 Å². The monoisotopic (exact) mass is 252 g/mol. The molecule has 0 radical (unpaired) electrons. The van der Waals surface area contributed by atoms with Crippen LogP contribution in [0.25, 0.3) is 0 Å². The summed E-state index contributed by atoms with van der Waals surface area (Å²) in [6.45, 7) is 2.07. The first kappa shape index (κ1) is 13.6. The van der Waals surface area contributed by atoms with Crippen LogP contribution in [0.5, 0.6) is 0 Å². The largest absolute Gasteiger partial charge is 0.366 e. The lowest BCUT2D eigenvalue weighted by atomic mass is 10.2. The number of nitrogens with two attached hydrogens (primary N) is 1. The molecule has 17 heavy (non-hydrogen) atoms. The Labute approximate surface area is 105 Å². The number of anilines is 1. The molecule has 0 saturated heterocycles. The summed E-state index contributed by atoms with van der Waals surface area (Å²) in [6, 6.07) is 6.61. The van der Waals surface area contributed by atoms with Crippen LogP contribution in [0.2, 0.25) is 0 Å². The van der Waals surface area contributed by atoms with Crippen LogP contribution in [-0.4, -0.2) is 23.3 Å². The molecule has 0 aliphatic heterocycles. The third-order valence-electron chi connectivity index (χ3n) is 2.01. The normalized spacial score (nSPS) is 9.94. The number of thioether (sulfide) groups is 1. The molecule has 0 bridgehead atoms. The summed E-state index contributed by atoms with van der Waals surface area (Å²) in [4.78, 5) is 22.5. The summed E-state index contributed by atoms with van der Waals surface area (Å²) in [6.07, 6.45) is 1.05. The second-order valence-corrected chi connectivity index (χ2v) is 4.65. The van der Waals surface area contributed by atoms with Crippen LogP contribution in [0.1, 0.15) is 23.7 Å². The molecule has 5 heteroatoms. The third kappa shape index (κ3) is 4.91. The van der Waals surface area contributed by atoms with Gasteiger partial charge in [0.15, 0.2) is 0 Å². The topological polar surface area (TPSA) is 72.2 Å². The first-order valence-electron chi connectivity index (χ1n) is 5.41. The van der Waals surface area contributed by atoms with E-state index < -0.39 is 5.91 Å². The van der Waals surface area contributed by atoms with Gasteiger partial charge in [-0.15, -0.1) is 0 Å². The van der Waals surface area contributed by atoms with Crippen molar-refractivity contribution in [3.63, 3.8) is 0 Å². The van der Waals surface area contributed by atoms with E-state index in [0.717, 1.165) is 12.2 Å². The van der Waals surface area contributed by atoms with E-state index in [0.29, 0.717) is 17.0 Å². The van der Waals surface area contributed by atoms with E-state index in [2.05, 4.69) is 12.2 Å². The number of nitrogens with one attached hydrogen (secondary N) is 1. The van der Waals surface area contributed by atoms with E-state index >= 15 is 0 Å². The quantitative estimate of drug-likeness (QED) is 0.759. The average Bonchev–Trinajstić information content (AvgIpc) is 2.29. The summed E-state index contributed by atoms with van der Waals surface area (Å²) >= 11 is 1.59. The Morgan fingerprint density at radius 1 is 1.41 bits per heavy atom. The highest BCUT2D eigenvalue weighted by Crippen LogP contribution is 2.11. The van der Waals surface area contributed by atoms with Gasteiger partial charge < -0.3 is 11.1 Å². The molecule has 0 unspecified atom stereocenters. The van der Waals surface area contributed by atoms with Crippen molar-refractivity contribution < 1.29 is 9.59 Å². The molecule has 0 aromatic heterocycles. The van der Waals surface area contributed by atoms with E-state index in [-0.39, 0.29) is 5.91 Å². The first-order valence-corrected chi connectivity index (χ1v) is 6.56. The van der Waals surface area contributed by atoms with E-state index in [1.807, 2.05) is 0 Å². The number of carbonyl (C=O) groups excluding carboxylic acids is 2. The third-order valence-corrected chi connectivity index (χ3v) is 3.18. The number of amides is 2. The van der Waals surface area contributed by atoms with Crippen molar-refractivity contribution in [3.8, 4) is 0 Å². The Morgan fingerprint density at radius 3 is 2.82 bits per heavy atom. The Balaban J connectivity index is 2.53. The lowest BCUT2D eigenvalue weighted by Gasteiger charge is -2.05. The molecule has 92 valence electrons. The molecule has 0 aliphatic rings. The zero-order chi connectivity index (χ0) is 12.7. The Morgan fingerprint density at radius 2 is 2.18 bits per heavy atom. The van der Waals surface area contributed by atoms with Gasteiger partial charge in [0.1, 0.15) is 0 Å². The molecular weight excluding hydrogens is 236 g/mol. The summed E-state index contributed by atoms with van der Waals surface area (Å²) in [5.41, 5.74) is 6.15. The maximum absolute atomic E-state index is 11.5. The number of carbonyl (C=O) groups is 2. The number of benzene rings is 1. The Hall–Kier alpha value is -1.49. The van der Waals surface area contributed by atoms with Crippen LogP contribution < -0.4 is 11.1 Å². The second kappa shape index (κ2) is 6.96. The van der Waals surface area contributed by atoms with E-state index in [1.54, 1.807) is 36.0 Å². The molecule has 1 aromatic carbocycles. The highest BCUT2D eigenvalue weighted by molar-refractivity contribution is 7.99. The van der Waals surface area contributed by atoms with Gasteiger partial charge >= 0.3 is 0 Å². The molecule has 4 nitrogen and oxygen atoms in total. The molecule has 3 N–H and O–H groups in total. The minimum Gasteiger partial charge on any atom is -0.366 e. The number of primary amides is 1. The fourth-order valence-corrected chi connectivity index (χ4v) is 1.95. The predicted molar refractivity (Wildman–Crippen MR) is 71.2 cm³/mol. The van der Waals surface area contributed by atoms with Gasteiger partial charge in [-0.25, -0.2) is 0 Å². The van der Waals surface area contributed by atoms with Gasteiger partial charge in [-0.05, 0) is 30.4 Å². The average molecular weight is 252 g/mol. The molecule has 0 saturated carbocycles. The Bertz CT molecular complexity index is 407. The highest BCUT2D eigenvalue weighted by atomic mass is 32.2. The van der Waals surface area contributed by atoms with Crippen molar-refractivity contribution in [2.24, 2.45) is 5.73 Å². The molecular formula is C12H16N2O2S. The number of rotatable bonds is 6. The van der Waals surface area contributed by atoms with Crippen LogP contribution >= 0.6 is 11.8 Å². The van der Waals surface area contributed by atoms with Crippen molar-refractivity contribution in [1.29, 1.82) is 0 Å². The minimum atomic E-state index is -0.499. The van der Waals surface area contributed by atoms with E-state index in [9.17, 15) is 9.59 Å². The maximum atomic E-state index is 11.5. The number of hydrogen-bond donors (Lipinski definition) is 2. The number of hydrogen-bond acceptors (Lipinski definition) is 3. The summed E-state index contributed by atoms with van der Waals surface area (Å²) < 4.78 is 0. The van der Waals surface area contributed by atoms with Gasteiger partial charge in [0.2, 0.25) is 11.8 Å². The molecule has 2 amide bonds. The van der Waals surface area contributed by atoms with Crippen molar-refractivity contribution in [3.05, 3.63) is 29.8 Å². The van der Waals surface area contributed by atoms with Gasteiger partial charge in [-0.1, -0.05) is 13.0 Å². The van der Waals surface area contributed by atoms with Crippen molar-refractivity contribution in [2.45, 2.75) is 13.3 Å². The summed E-state index contributed by atoms with van der Waals surface area (Å²) in [5.74, 6) is 0.829. The summed E-state index contributed by atoms with van der Waals surface area (Å²) in [7, 11) is 0. The lowest BCUT2D eigenvalue weighted by Crippen LogP contribution is -2.16. The van der Waals surface area contributed by atoms with Crippen molar-refractivity contribution >= 4 is 29.3 Å². The SMILES string of the molecule is CCCSCC(=O)Nc1cccc(C(N)=O)c1. The standard InChI is InChI=1S/C12H16N2O2S/c1-2-6-17-8-11(15)14-10-5-3-4-9(7-10)12(13)16/h3-5,7H,2,6,8H2,1H3,(H2,13,16)(H,14,15). The van der Waals surface area contributed by atoms with Crippen LogP contribution in [0, 0.1) is 0 Å². The van der Waals surface area contributed by atoms with Crippen molar-refractivity contribution in [2.75, 3.05) is 16.8 Å². The molecule has 1 aromatic rings. The van der Waals surface area contributed by atoms with Gasteiger partial charge in [-0.2, -0.15) is 11.8 Å². The highest BCUT2D eigenvalue weighted by Gasteiger charge is 2.04. The van der Waals surface area contributed by atoms with Gasteiger partial charge in [0.25, 0.3) is 0 Å². The molecule has 0 atom stereocenters. The van der Waals surface area contributed by atoms with Gasteiger partial charge in [0.05, 0.1) is 5.75 Å². The molecule has 0 heterocycles. The summed E-state index contributed by atoms with van der Waals surface area (Å²) in [5, 5.41) is 2.73. The Kier molecular flexibility index (Phi) is 5.56. The fourth-order valence-electron chi connectivity index (χ4n) is 1.26.